The summed E-state index contributed by atoms with van der Waals surface area (Å²) < 4.78 is 0. The number of carbonyl (C=O) groups excluding carboxylic acids is 2. The molecule has 1 aromatic heterocycles. The molecule has 0 spiro atoms. The second kappa shape index (κ2) is 4.38. The van der Waals surface area contributed by atoms with Crippen LogP contribution in [0, 0.1) is 5.41 Å². The Balaban J connectivity index is 2.24. The molecule has 0 bridgehead atoms. The Bertz CT molecular complexity index is 541. The van der Waals surface area contributed by atoms with E-state index in [1.54, 1.807) is 13.8 Å². The number of nitrogens with zero attached hydrogens (tertiary/aromatic N) is 1. The molecule has 19 heavy (non-hydrogen) atoms. The van der Waals surface area contributed by atoms with Crippen LogP contribution in [0.4, 0.5) is 5.13 Å². The molecule has 104 valence electrons. The van der Waals surface area contributed by atoms with Crippen molar-refractivity contribution in [3.8, 4) is 0 Å². The average molecular weight is 281 g/mol. The minimum Gasteiger partial charge on any atom is -0.318 e. The van der Waals surface area contributed by atoms with E-state index in [-0.39, 0.29) is 17.1 Å². The van der Waals surface area contributed by atoms with Crippen LogP contribution >= 0.6 is 11.3 Å². The molecule has 2 rings (SSSR count). The van der Waals surface area contributed by atoms with Crippen LogP contribution in [0.3, 0.4) is 0 Å². The van der Waals surface area contributed by atoms with E-state index in [4.69, 9.17) is 5.73 Å². The van der Waals surface area contributed by atoms with E-state index in [0.717, 1.165) is 12.1 Å². The molecule has 6 heteroatoms. The van der Waals surface area contributed by atoms with E-state index in [0.29, 0.717) is 16.4 Å². The topological polar surface area (TPSA) is 85.1 Å². The molecular weight excluding hydrogens is 262 g/mol. The predicted molar refractivity (Wildman–Crippen MR) is 75.4 cm³/mol. The van der Waals surface area contributed by atoms with Gasteiger partial charge >= 0.3 is 0 Å². The zero-order valence-electron chi connectivity index (χ0n) is 11.7. The SMILES string of the molecule is CC1(C)CC(=O)c2sc(NC(=O)C(C)(C)N)nc2C1. The molecule has 1 heterocycles. The highest BCUT2D eigenvalue weighted by molar-refractivity contribution is 7.17. The van der Waals surface area contributed by atoms with E-state index in [9.17, 15) is 9.59 Å². The number of carbonyl (C=O) groups is 2. The van der Waals surface area contributed by atoms with Crippen LogP contribution in [0.25, 0.3) is 0 Å². The Labute approximate surface area is 116 Å². The fourth-order valence-corrected chi connectivity index (χ4v) is 2.95. The van der Waals surface area contributed by atoms with E-state index in [1.165, 1.54) is 11.3 Å². The van der Waals surface area contributed by atoms with E-state index in [2.05, 4.69) is 24.1 Å². The predicted octanol–water partition coefficient (Wildman–Crippen LogP) is 1.97. The third-order valence-corrected chi connectivity index (χ3v) is 4.10. The summed E-state index contributed by atoms with van der Waals surface area (Å²) in [6.45, 7) is 7.36. The molecule has 0 aromatic carbocycles. The van der Waals surface area contributed by atoms with Crippen LogP contribution in [-0.2, 0) is 11.2 Å². The van der Waals surface area contributed by atoms with Crippen LogP contribution in [0.1, 0.15) is 49.5 Å². The highest BCUT2D eigenvalue weighted by Gasteiger charge is 2.34. The Kier molecular flexibility index (Phi) is 3.26. The van der Waals surface area contributed by atoms with Gasteiger partial charge < -0.3 is 11.1 Å². The standard InChI is InChI=1S/C13H19N3O2S/c1-12(2)5-7-9(8(17)6-12)19-11(15-7)16-10(18)13(3,4)14/h5-6,14H2,1-4H3,(H,15,16,18). The molecule has 0 atom stereocenters. The lowest BCUT2D eigenvalue weighted by molar-refractivity contribution is -0.120. The maximum atomic E-state index is 12.0. The minimum atomic E-state index is -0.963. The lowest BCUT2D eigenvalue weighted by Gasteiger charge is -2.26. The van der Waals surface area contributed by atoms with E-state index >= 15 is 0 Å². The number of thiazole rings is 1. The number of aromatic nitrogens is 1. The molecular formula is C13H19N3O2S. The van der Waals surface area contributed by atoms with Crippen LogP contribution < -0.4 is 11.1 Å². The Morgan fingerprint density at radius 3 is 2.63 bits per heavy atom. The van der Waals surface area contributed by atoms with Gasteiger partial charge in [-0.25, -0.2) is 4.98 Å². The van der Waals surface area contributed by atoms with Gasteiger partial charge in [-0.15, -0.1) is 0 Å². The maximum Gasteiger partial charge on any atom is 0.245 e. The van der Waals surface area contributed by atoms with Crippen molar-refractivity contribution in [2.45, 2.75) is 46.1 Å². The molecule has 1 aliphatic carbocycles. The normalized spacial score (nSPS) is 18.1. The number of amides is 1. The first-order chi connectivity index (χ1) is 8.58. The number of ketones is 1. The van der Waals surface area contributed by atoms with Gasteiger partial charge in [0.15, 0.2) is 10.9 Å². The summed E-state index contributed by atoms with van der Waals surface area (Å²) >= 11 is 1.24. The van der Waals surface area contributed by atoms with Crippen LogP contribution in [0.15, 0.2) is 0 Å². The Hall–Kier alpha value is -1.27. The lowest BCUT2D eigenvalue weighted by Crippen LogP contribution is -2.45. The summed E-state index contributed by atoms with van der Waals surface area (Å²) in [5.41, 5.74) is 5.48. The maximum absolute atomic E-state index is 12.0. The number of anilines is 1. The van der Waals surface area contributed by atoms with Gasteiger partial charge in [0.2, 0.25) is 5.91 Å². The fourth-order valence-electron chi connectivity index (χ4n) is 2.03. The molecule has 1 amide bonds. The first-order valence-corrected chi connectivity index (χ1v) is 7.03. The van der Waals surface area contributed by atoms with Gasteiger partial charge in [0.25, 0.3) is 0 Å². The Morgan fingerprint density at radius 1 is 1.42 bits per heavy atom. The molecule has 0 fully saturated rings. The number of hydrogen-bond donors (Lipinski definition) is 2. The van der Waals surface area contributed by atoms with Gasteiger partial charge in [-0.3, -0.25) is 9.59 Å². The van der Waals surface area contributed by atoms with Crippen molar-refractivity contribution in [2.75, 3.05) is 5.32 Å². The first-order valence-electron chi connectivity index (χ1n) is 6.22. The van der Waals surface area contributed by atoms with E-state index < -0.39 is 5.54 Å². The zero-order chi connectivity index (χ0) is 14.4. The smallest absolute Gasteiger partial charge is 0.245 e. The van der Waals surface area contributed by atoms with Crippen LogP contribution in [-0.4, -0.2) is 22.2 Å². The summed E-state index contributed by atoms with van der Waals surface area (Å²) in [5.74, 6) is -0.193. The summed E-state index contributed by atoms with van der Waals surface area (Å²) in [5, 5.41) is 3.14. The van der Waals surface area contributed by atoms with Gasteiger partial charge in [0.05, 0.1) is 16.1 Å². The summed E-state index contributed by atoms with van der Waals surface area (Å²) in [7, 11) is 0. The van der Waals surface area contributed by atoms with Crippen molar-refractivity contribution in [2.24, 2.45) is 11.1 Å². The van der Waals surface area contributed by atoms with Crippen molar-refractivity contribution < 1.29 is 9.59 Å². The minimum absolute atomic E-state index is 0.0629. The average Bonchev–Trinajstić information content (AvgIpc) is 2.57. The molecule has 0 radical (unpaired) electrons. The third kappa shape index (κ3) is 3.01. The monoisotopic (exact) mass is 281 g/mol. The lowest BCUT2D eigenvalue weighted by atomic mass is 9.78. The molecule has 3 N–H and O–H groups in total. The number of hydrogen-bond acceptors (Lipinski definition) is 5. The number of nitrogens with two attached hydrogens (primary N) is 1. The molecule has 0 aliphatic heterocycles. The zero-order valence-corrected chi connectivity index (χ0v) is 12.5. The number of fused-ring (bicyclic) bond motifs is 1. The molecule has 0 saturated heterocycles. The number of Topliss-reactive ketones (excluding diaryl/α,β-unsaturated/α-hetero) is 1. The molecule has 0 unspecified atom stereocenters. The van der Waals surface area contributed by atoms with Crippen LogP contribution in [0.5, 0.6) is 0 Å². The van der Waals surface area contributed by atoms with Gasteiger partial charge in [0.1, 0.15) is 0 Å². The summed E-state index contributed by atoms with van der Waals surface area (Å²) in [6, 6.07) is 0. The second-order valence-corrected chi connectivity index (χ2v) is 7.41. The van der Waals surface area contributed by atoms with Gasteiger partial charge in [-0.2, -0.15) is 0 Å². The second-order valence-electron chi connectivity index (χ2n) is 6.41. The Morgan fingerprint density at radius 2 is 2.05 bits per heavy atom. The summed E-state index contributed by atoms with van der Waals surface area (Å²) in [6.07, 6.45) is 1.28. The quantitative estimate of drug-likeness (QED) is 0.868. The van der Waals surface area contributed by atoms with Crippen molar-refractivity contribution in [3.05, 3.63) is 10.6 Å². The number of rotatable bonds is 2. The van der Waals surface area contributed by atoms with Gasteiger partial charge in [-0.1, -0.05) is 25.2 Å². The highest BCUT2D eigenvalue weighted by atomic mass is 32.1. The molecule has 1 aromatic rings. The summed E-state index contributed by atoms with van der Waals surface area (Å²) in [4.78, 5) is 28.9. The van der Waals surface area contributed by atoms with Gasteiger partial charge in [0, 0.05) is 6.42 Å². The van der Waals surface area contributed by atoms with E-state index in [1.807, 2.05) is 0 Å². The van der Waals surface area contributed by atoms with Crippen molar-refractivity contribution >= 4 is 28.2 Å². The molecule has 5 nitrogen and oxygen atoms in total. The van der Waals surface area contributed by atoms with Crippen molar-refractivity contribution in [1.29, 1.82) is 0 Å². The van der Waals surface area contributed by atoms with Gasteiger partial charge in [-0.05, 0) is 25.7 Å². The molecule has 0 saturated carbocycles. The van der Waals surface area contributed by atoms with Crippen molar-refractivity contribution in [1.82, 2.24) is 4.98 Å². The fraction of sp³-hybridized carbons (Fsp3) is 0.615. The van der Waals surface area contributed by atoms with Crippen LogP contribution in [0.2, 0.25) is 0 Å². The van der Waals surface area contributed by atoms with Crippen molar-refractivity contribution in [3.63, 3.8) is 0 Å². The number of nitrogens with one attached hydrogen (secondary N) is 1. The third-order valence-electron chi connectivity index (χ3n) is 3.04. The first kappa shape index (κ1) is 14.1. The highest BCUT2D eigenvalue weighted by Crippen LogP contribution is 2.38. The molecule has 1 aliphatic rings. The largest absolute Gasteiger partial charge is 0.318 e.